The minimum atomic E-state index is 1.10. The lowest BCUT2D eigenvalue weighted by Crippen LogP contribution is -2.10. The largest absolute Gasteiger partial charge is 0.310 e. The smallest absolute Gasteiger partial charge is 0.0541 e. The van der Waals surface area contributed by atoms with Crippen LogP contribution in [0.25, 0.3) is 60.5 Å². The Labute approximate surface area is 286 Å². The fraction of sp³-hybridized carbons (Fsp3) is 0.0213. The molecule has 0 N–H and O–H groups in total. The summed E-state index contributed by atoms with van der Waals surface area (Å²) in [5.74, 6) is 0. The highest BCUT2D eigenvalue weighted by Crippen LogP contribution is 2.40. The van der Waals surface area contributed by atoms with Gasteiger partial charge in [0.2, 0.25) is 0 Å². The van der Waals surface area contributed by atoms with Crippen LogP contribution in [0.2, 0.25) is 0 Å². The molecule has 9 aromatic rings. The van der Waals surface area contributed by atoms with Crippen LogP contribution in [0.15, 0.2) is 188 Å². The van der Waals surface area contributed by atoms with Crippen molar-refractivity contribution in [3.05, 3.63) is 194 Å². The van der Waals surface area contributed by atoms with Gasteiger partial charge in [-0.1, -0.05) is 139 Å². The third kappa shape index (κ3) is 5.06. The molecule has 49 heavy (non-hydrogen) atoms. The summed E-state index contributed by atoms with van der Waals surface area (Å²) < 4.78 is 2.38. The van der Waals surface area contributed by atoms with Crippen LogP contribution in [0.1, 0.15) is 5.56 Å². The number of rotatable bonds is 6. The molecule has 0 unspecified atom stereocenters. The summed E-state index contributed by atoms with van der Waals surface area (Å²) in [6, 6.07) is 68.1. The maximum Gasteiger partial charge on any atom is 0.0541 e. The lowest BCUT2D eigenvalue weighted by molar-refractivity contribution is 1.17. The monoisotopic (exact) mass is 626 g/mol. The SMILES string of the molecule is Cc1ccc(N(c2ccc(-c3cccc4cccc(-c5ccccc5)c34)cc2)c2cccc(-n3c4ccccc4c4ccccc43)c2)cc1. The third-order valence-electron chi connectivity index (χ3n) is 9.64. The molecule has 0 bridgehead atoms. The standard InChI is InChI=1S/C47H34N2/c1-33-24-28-37(29-25-33)48(39-16-11-17-40(32-39)49-45-22-7-5-18-43(45)44-19-6-8-23-46(44)49)38-30-26-35(27-31-38)42-21-10-15-36-14-9-20-41(47(36)42)34-12-3-2-4-13-34/h2-32H,1H3. The van der Waals surface area contributed by atoms with Crippen molar-refractivity contribution < 1.29 is 0 Å². The second kappa shape index (κ2) is 12.0. The number of aromatic nitrogens is 1. The van der Waals surface area contributed by atoms with Gasteiger partial charge >= 0.3 is 0 Å². The van der Waals surface area contributed by atoms with Gasteiger partial charge < -0.3 is 9.47 Å². The Morgan fingerprint density at radius 3 is 1.57 bits per heavy atom. The lowest BCUT2D eigenvalue weighted by Gasteiger charge is -2.26. The van der Waals surface area contributed by atoms with Gasteiger partial charge in [0.1, 0.15) is 0 Å². The topological polar surface area (TPSA) is 8.17 Å². The Hall–Kier alpha value is -6.38. The Morgan fingerprint density at radius 1 is 0.408 bits per heavy atom. The number of hydrogen-bond donors (Lipinski definition) is 0. The zero-order valence-corrected chi connectivity index (χ0v) is 27.3. The van der Waals surface area contributed by atoms with E-state index in [0.29, 0.717) is 0 Å². The molecule has 0 saturated heterocycles. The van der Waals surface area contributed by atoms with Crippen molar-refractivity contribution in [2.45, 2.75) is 6.92 Å². The predicted octanol–water partition coefficient (Wildman–Crippen LogP) is 13.0. The summed E-state index contributed by atoms with van der Waals surface area (Å²) in [4.78, 5) is 2.36. The summed E-state index contributed by atoms with van der Waals surface area (Å²) in [5.41, 5.74) is 13.0. The van der Waals surface area contributed by atoms with Crippen LogP contribution in [-0.4, -0.2) is 4.57 Å². The highest BCUT2D eigenvalue weighted by atomic mass is 15.1. The van der Waals surface area contributed by atoms with Gasteiger partial charge in [0.05, 0.1) is 11.0 Å². The second-order valence-corrected chi connectivity index (χ2v) is 12.7. The number of para-hydroxylation sites is 2. The summed E-state index contributed by atoms with van der Waals surface area (Å²) in [5, 5.41) is 5.04. The Kier molecular flexibility index (Phi) is 7.06. The van der Waals surface area contributed by atoms with Gasteiger partial charge in [-0.25, -0.2) is 0 Å². The number of benzene rings is 8. The molecule has 0 aliphatic carbocycles. The fourth-order valence-corrected chi connectivity index (χ4v) is 7.34. The molecule has 0 spiro atoms. The normalized spacial score (nSPS) is 11.4. The molecule has 9 rings (SSSR count). The molecule has 1 aromatic heterocycles. The number of hydrogen-bond acceptors (Lipinski definition) is 1. The Morgan fingerprint density at radius 2 is 0.939 bits per heavy atom. The van der Waals surface area contributed by atoms with E-state index in [4.69, 9.17) is 0 Å². The Bertz CT molecular complexity index is 2540. The van der Waals surface area contributed by atoms with Crippen molar-refractivity contribution in [1.82, 2.24) is 4.57 Å². The van der Waals surface area contributed by atoms with Gasteiger partial charge in [0.15, 0.2) is 0 Å². The van der Waals surface area contributed by atoms with Crippen LogP contribution < -0.4 is 4.90 Å². The van der Waals surface area contributed by atoms with Gasteiger partial charge in [0, 0.05) is 33.5 Å². The maximum atomic E-state index is 2.38. The van der Waals surface area contributed by atoms with Gasteiger partial charge in [-0.3, -0.25) is 0 Å². The van der Waals surface area contributed by atoms with Crippen LogP contribution in [0.3, 0.4) is 0 Å². The number of aryl methyl sites for hydroxylation is 1. The summed E-state index contributed by atoms with van der Waals surface area (Å²) in [7, 11) is 0. The van der Waals surface area contributed by atoms with Crippen molar-refractivity contribution >= 4 is 49.6 Å². The first-order chi connectivity index (χ1) is 24.2. The number of nitrogens with zero attached hydrogens (tertiary/aromatic N) is 2. The van der Waals surface area contributed by atoms with E-state index in [1.807, 2.05) is 0 Å². The molecule has 0 radical (unpaired) electrons. The van der Waals surface area contributed by atoms with Gasteiger partial charge in [-0.05, 0) is 94.5 Å². The molecule has 0 saturated carbocycles. The zero-order chi connectivity index (χ0) is 32.7. The van der Waals surface area contributed by atoms with Crippen molar-refractivity contribution in [3.63, 3.8) is 0 Å². The molecule has 8 aromatic carbocycles. The summed E-state index contributed by atoms with van der Waals surface area (Å²) in [6.07, 6.45) is 0. The van der Waals surface area contributed by atoms with Crippen molar-refractivity contribution in [1.29, 1.82) is 0 Å². The molecular formula is C47H34N2. The molecule has 2 nitrogen and oxygen atoms in total. The van der Waals surface area contributed by atoms with Crippen LogP contribution in [0, 0.1) is 6.92 Å². The first-order valence-corrected chi connectivity index (χ1v) is 16.9. The lowest BCUT2D eigenvalue weighted by atomic mass is 9.91. The summed E-state index contributed by atoms with van der Waals surface area (Å²) in [6.45, 7) is 2.14. The first kappa shape index (κ1) is 28.8. The van der Waals surface area contributed by atoms with E-state index >= 15 is 0 Å². The minimum Gasteiger partial charge on any atom is -0.310 e. The summed E-state index contributed by atoms with van der Waals surface area (Å²) >= 11 is 0. The van der Waals surface area contributed by atoms with Gasteiger partial charge in [0.25, 0.3) is 0 Å². The molecule has 0 aliphatic heterocycles. The molecule has 1 heterocycles. The number of anilines is 3. The van der Waals surface area contributed by atoms with E-state index < -0.39 is 0 Å². The van der Waals surface area contributed by atoms with Gasteiger partial charge in [-0.15, -0.1) is 0 Å². The van der Waals surface area contributed by atoms with Crippen LogP contribution >= 0.6 is 0 Å². The van der Waals surface area contributed by atoms with Crippen LogP contribution in [-0.2, 0) is 0 Å². The third-order valence-corrected chi connectivity index (χ3v) is 9.64. The molecule has 0 amide bonds. The van der Waals surface area contributed by atoms with E-state index in [1.54, 1.807) is 0 Å². The highest BCUT2D eigenvalue weighted by molar-refractivity contribution is 6.09. The highest BCUT2D eigenvalue weighted by Gasteiger charge is 2.17. The van der Waals surface area contributed by atoms with Crippen LogP contribution in [0.5, 0.6) is 0 Å². The molecule has 0 aliphatic rings. The van der Waals surface area contributed by atoms with Crippen molar-refractivity contribution in [2.75, 3.05) is 4.90 Å². The average Bonchev–Trinajstić information content (AvgIpc) is 3.50. The van der Waals surface area contributed by atoms with Crippen LogP contribution in [0.4, 0.5) is 17.1 Å². The predicted molar refractivity (Wildman–Crippen MR) is 209 cm³/mol. The minimum absolute atomic E-state index is 1.10. The molecule has 0 fully saturated rings. The van der Waals surface area contributed by atoms with Crippen molar-refractivity contribution in [2.24, 2.45) is 0 Å². The van der Waals surface area contributed by atoms with E-state index in [0.717, 1.165) is 22.7 Å². The molecule has 0 atom stereocenters. The maximum absolute atomic E-state index is 2.38. The molecular weight excluding hydrogens is 593 g/mol. The fourth-order valence-electron chi connectivity index (χ4n) is 7.34. The Balaban J connectivity index is 1.18. The first-order valence-electron chi connectivity index (χ1n) is 16.9. The quantitative estimate of drug-likeness (QED) is 0.178. The van der Waals surface area contributed by atoms with Gasteiger partial charge in [-0.2, -0.15) is 0 Å². The molecule has 2 heteroatoms. The molecule has 232 valence electrons. The van der Waals surface area contributed by atoms with E-state index in [1.165, 1.54) is 60.4 Å². The van der Waals surface area contributed by atoms with E-state index in [9.17, 15) is 0 Å². The van der Waals surface area contributed by atoms with Crippen molar-refractivity contribution in [3.8, 4) is 27.9 Å². The average molecular weight is 627 g/mol. The second-order valence-electron chi connectivity index (χ2n) is 12.7. The zero-order valence-electron chi connectivity index (χ0n) is 27.3. The number of fused-ring (bicyclic) bond motifs is 4. The van der Waals surface area contributed by atoms with E-state index in [-0.39, 0.29) is 0 Å². The van der Waals surface area contributed by atoms with E-state index in [2.05, 4.69) is 204 Å².